The van der Waals surface area contributed by atoms with Crippen LogP contribution in [0.25, 0.3) is 0 Å². The van der Waals surface area contributed by atoms with E-state index < -0.39 is 0 Å². The Labute approximate surface area is 109 Å². The average Bonchev–Trinajstić information content (AvgIpc) is 2.39. The number of hydrogen-bond donors (Lipinski definition) is 1. The summed E-state index contributed by atoms with van der Waals surface area (Å²) in [5.41, 5.74) is 2.58. The Bertz CT molecular complexity index is 406. The first-order valence-electron chi connectivity index (χ1n) is 6.56. The predicted molar refractivity (Wildman–Crippen MR) is 71.5 cm³/mol. The summed E-state index contributed by atoms with van der Waals surface area (Å²) in [6, 6.07) is 4.13. The molecular formula is C15H22O3. The molecular weight excluding hydrogens is 228 g/mol. The Kier molecular flexibility index (Phi) is 4.12. The first-order valence-corrected chi connectivity index (χ1v) is 6.56. The summed E-state index contributed by atoms with van der Waals surface area (Å²) in [4.78, 5) is 0. The molecule has 1 saturated carbocycles. The van der Waals surface area contributed by atoms with Crippen LogP contribution in [-0.2, 0) is 0 Å². The number of benzene rings is 1. The molecule has 1 aliphatic carbocycles. The highest BCUT2D eigenvalue weighted by molar-refractivity contribution is 5.48. The van der Waals surface area contributed by atoms with E-state index in [1.165, 1.54) is 11.1 Å². The van der Waals surface area contributed by atoms with Crippen molar-refractivity contribution < 1.29 is 14.6 Å². The lowest BCUT2D eigenvalue weighted by molar-refractivity contribution is 0.122. The molecule has 1 fully saturated rings. The number of ether oxygens (including phenoxy) is 2. The summed E-state index contributed by atoms with van der Waals surface area (Å²) in [5, 5.41) is 9.58. The Hall–Kier alpha value is -1.22. The minimum absolute atomic E-state index is 0.110. The zero-order valence-corrected chi connectivity index (χ0v) is 11.4. The Morgan fingerprint density at radius 2 is 1.56 bits per heavy atom. The van der Waals surface area contributed by atoms with Gasteiger partial charge in [-0.25, -0.2) is 0 Å². The Morgan fingerprint density at radius 3 is 2.11 bits per heavy atom. The summed E-state index contributed by atoms with van der Waals surface area (Å²) in [7, 11) is 3.33. The summed E-state index contributed by atoms with van der Waals surface area (Å²) in [5.74, 6) is 2.12. The zero-order chi connectivity index (χ0) is 13.1. The van der Waals surface area contributed by atoms with E-state index in [1.807, 2.05) is 6.07 Å². The maximum absolute atomic E-state index is 9.58. The van der Waals surface area contributed by atoms with Gasteiger partial charge in [0, 0.05) is 0 Å². The van der Waals surface area contributed by atoms with Crippen LogP contribution in [0.1, 0.15) is 42.7 Å². The van der Waals surface area contributed by atoms with Crippen molar-refractivity contribution in [1.29, 1.82) is 0 Å². The summed E-state index contributed by atoms with van der Waals surface area (Å²) in [6.07, 6.45) is 3.80. The molecule has 2 rings (SSSR count). The van der Waals surface area contributed by atoms with E-state index in [1.54, 1.807) is 14.2 Å². The topological polar surface area (TPSA) is 38.7 Å². The molecule has 3 nitrogen and oxygen atoms in total. The molecule has 0 heterocycles. The van der Waals surface area contributed by atoms with E-state index in [2.05, 4.69) is 13.0 Å². The van der Waals surface area contributed by atoms with Crippen molar-refractivity contribution in [1.82, 2.24) is 0 Å². The number of aliphatic hydroxyl groups excluding tert-OH is 1. The van der Waals surface area contributed by atoms with Crippen molar-refractivity contribution in [2.75, 3.05) is 14.2 Å². The highest BCUT2D eigenvalue weighted by Gasteiger charge is 2.23. The summed E-state index contributed by atoms with van der Waals surface area (Å²) < 4.78 is 10.7. The molecule has 0 unspecified atom stereocenters. The second kappa shape index (κ2) is 5.61. The summed E-state index contributed by atoms with van der Waals surface area (Å²) in [6.45, 7) is 2.11. The van der Waals surface area contributed by atoms with E-state index in [0.29, 0.717) is 5.92 Å². The van der Waals surface area contributed by atoms with E-state index >= 15 is 0 Å². The molecule has 0 aliphatic heterocycles. The van der Waals surface area contributed by atoms with Gasteiger partial charge in [0.2, 0.25) is 0 Å². The van der Waals surface area contributed by atoms with Gasteiger partial charge in [-0.15, -0.1) is 0 Å². The second-order valence-corrected chi connectivity index (χ2v) is 5.07. The average molecular weight is 250 g/mol. The van der Waals surface area contributed by atoms with Crippen molar-refractivity contribution in [3.8, 4) is 11.5 Å². The first-order chi connectivity index (χ1) is 8.65. The molecule has 1 aliphatic rings. The van der Waals surface area contributed by atoms with Crippen LogP contribution in [0.15, 0.2) is 12.1 Å². The van der Waals surface area contributed by atoms with Crippen LogP contribution in [0.2, 0.25) is 0 Å². The first kappa shape index (κ1) is 13.2. The van der Waals surface area contributed by atoms with E-state index in [9.17, 15) is 5.11 Å². The van der Waals surface area contributed by atoms with Crippen LogP contribution in [0.4, 0.5) is 0 Å². The largest absolute Gasteiger partial charge is 0.493 e. The van der Waals surface area contributed by atoms with Gasteiger partial charge in [0.1, 0.15) is 0 Å². The van der Waals surface area contributed by atoms with Crippen LogP contribution >= 0.6 is 0 Å². The highest BCUT2D eigenvalue weighted by atomic mass is 16.5. The lowest BCUT2D eigenvalue weighted by atomic mass is 9.81. The van der Waals surface area contributed by atoms with Gasteiger partial charge >= 0.3 is 0 Å². The minimum atomic E-state index is -0.110. The van der Waals surface area contributed by atoms with Gasteiger partial charge in [-0.3, -0.25) is 0 Å². The fraction of sp³-hybridized carbons (Fsp3) is 0.600. The number of hydrogen-bond acceptors (Lipinski definition) is 3. The highest BCUT2D eigenvalue weighted by Crippen LogP contribution is 2.39. The number of rotatable bonds is 3. The van der Waals surface area contributed by atoms with Crippen molar-refractivity contribution >= 4 is 0 Å². The monoisotopic (exact) mass is 250 g/mol. The summed E-state index contributed by atoms with van der Waals surface area (Å²) >= 11 is 0. The van der Waals surface area contributed by atoms with Crippen LogP contribution in [-0.4, -0.2) is 25.4 Å². The molecule has 0 radical (unpaired) electrons. The van der Waals surface area contributed by atoms with Gasteiger partial charge in [0.15, 0.2) is 11.5 Å². The fourth-order valence-corrected chi connectivity index (χ4v) is 2.82. The molecule has 1 aromatic carbocycles. The molecule has 0 saturated heterocycles. The number of aryl methyl sites for hydroxylation is 1. The van der Waals surface area contributed by atoms with Gasteiger partial charge < -0.3 is 14.6 Å². The van der Waals surface area contributed by atoms with Crippen molar-refractivity contribution in [2.45, 2.75) is 44.6 Å². The van der Waals surface area contributed by atoms with Gasteiger partial charge in [0.05, 0.1) is 20.3 Å². The third kappa shape index (κ3) is 2.61. The SMILES string of the molecule is COc1cc(C)c(C2CCC(O)CC2)cc1OC. The number of methoxy groups -OCH3 is 2. The van der Waals surface area contributed by atoms with Gasteiger partial charge in [0.25, 0.3) is 0 Å². The molecule has 3 heteroatoms. The zero-order valence-electron chi connectivity index (χ0n) is 11.4. The van der Waals surface area contributed by atoms with Crippen molar-refractivity contribution in [3.63, 3.8) is 0 Å². The van der Waals surface area contributed by atoms with E-state index in [0.717, 1.165) is 37.2 Å². The third-order valence-electron chi connectivity index (χ3n) is 3.91. The Balaban J connectivity index is 2.27. The molecule has 0 bridgehead atoms. The molecule has 1 aromatic rings. The van der Waals surface area contributed by atoms with Crippen LogP contribution in [0, 0.1) is 6.92 Å². The standard InChI is InChI=1S/C15H22O3/c1-10-8-14(17-2)15(18-3)9-13(10)11-4-6-12(16)7-5-11/h8-9,11-12,16H,4-7H2,1-3H3. The number of aliphatic hydroxyl groups is 1. The lowest BCUT2D eigenvalue weighted by Crippen LogP contribution is -2.17. The second-order valence-electron chi connectivity index (χ2n) is 5.07. The smallest absolute Gasteiger partial charge is 0.161 e. The molecule has 0 spiro atoms. The normalized spacial score (nSPS) is 23.8. The Morgan fingerprint density at radius 1 is 1.00 bits per heavy atom. The fourth-order valence-electron chi connectivity index (χ4n) is 2.82. The molecule has 0 aromatic heterocycles. The maximum Gasteiger partial charge on any atom is 0.161 e. The molecule has 0 atom stereocenters. The molecule has 1 N–H and O–H groups in total. The third-order valence-corrected chi connectivity index (χ3v) is 3.91. The van der Waals surface area contributed by atoms with E-state index in [-0.39, 0.29) is 6.10 Å². The van der Waals surface area contributed by atoms with E-state index in [4.69, 9.17) is 9.47 Å². The molecule has 18 heavy (non-hydrogen) atoms. The van der Waals surface area contributed by atoms with Gasteiger partial charge in [-0.05, 0) is 61.8 Å². The van der Waals surface area contributed by atoms with Crippen LogP contribution in [0.3, 0.4) is 0 Å². The maximum atomic E-state index is 9.58. The van der Waals surface area contributed by atoms with Crippen molar-refractivity contribution in [2.24, 2.45) is 0 Å². The quantitative estimate of drug-likeness (QED) is 0.896. The molecule has 0 amide bonds. The lowest BCUT2D eigenvalue weighted by Gasteiger charge is -2.27. The van der Waals surface area contributed by atoms with Gasteiger partial charge in [-0.2, -0.15) is 0 Å². The van der Waals surface area contributed by atoms with Crippen LogP contribution in [0.5, 0.6) is 11.5 Å². The molecule has 100 valence electrons. The van der Waals surface area contributed by atoms with Crippen molar-refractivity contribution in [3.05, 3.63) is 23.3 Å². The minimum Gasteiger partial charge on any atom is -0.493 e. The van der Waals surface area contributed by atoms with Crippen LogP contribution < -0.4 is 9.47 Å². The van der Waals surface area contributed by atoms with Gasteiger partial charge in [-0.1, -0.05) is 0 Å². The predicted octanol–water partition coefficient (Wildman–Crippen LogP) is 3.03.